The summed E-state index contributed by atoms with van der Waals surface area (Å²) in [6, 6.07) is 19.6. The fraction of sp³-hybridized carbons (Fsp3) is 0.261. The second kappa shape index (κ2) is 7.80. The Hall–Kier alpha value is -3.21. The van der Waals surface area contributed by atoms with Crippen LogP contribution >= 0.6 is 0 Å². The molecule has 142 valence electrons. The molecule has 1 aliphatic rings. The molecule has 28 heavy (non-hydrogen) atoms. The van der Waals surface area contributed by atoms with Gasteiger partial charge in [-0.05, 0) is 49.7 Å². The molecule has 0 radical (unpaired) electrons. The SMILES string of the molecule is Cc1cccc(CN(Cc2cccc(C)n2)C(=O)C2Cc3ccccc3O2)n1. The van der Waals surface area contributed by atoms with Gasteiger partial charge in [0.05, 0.1) is 24.5 Å². The van der Waals surface area contributed by atoms with Gasteiger partial charge in [0.15, 0.2) is 6.10 Å². The number of fused-ring (bicyclic) bond motifs is 1. The predicted octanol–water partition coefficient (Wildman–Crippen LogP) is 3.63. The van der Waals surface area contributed by atoms with Crippen LogP contribution in [0.2, 0.25) is 0 Å². The van der Waals surface area contributed by atoms with E-state index in [4.69, 9.17) is 4.74 Å². The molecule has 3 aromatic rings. The van der Waals surface area contributed by atoms with Crippen LogP contribution < -0.4 is 4.74 Å². The van der Waals surface area contributed by atoms with Crippen molar-refractivity contribution in [3.05, 3.63) is 89.0 Å². The van der Waals surface area contributed by atoms with Gasteiger partial charge in [0.25, 0.3) is 5.91 Å². The van der Waals surface area contributed by atoms with Crippen molar-refractivity contribution in [2.45, 2.75) is 39.5 Å². The molecule has 1 amide bonds. The van der Waals surface area contributed by atoms with Crippen LogP contribution in [0.4, 0.5) is 0 Å². The molecule has 1 unspecified atom stereocenters. The number of aryl methyl sites for hydroxylation is 2. The van der Waals surface area contributed by atoms with Crippen LogP contribution in [0.5, 0.6) is 5.75 Å². The molecule has 0 aliphatic carbocycles. The van der Waals surface area contributed by atoms with Crippen molar-refractivity contribution in [2.75, 3.05) is 0 Å². The molecule has 0 fully saturated rings. The molecular formula is C23H23N3O2. The molecule has 3 heterocycles. The Labute approximate surface area is 165 Å². The standard InChI is InChI=1S/C23H23N3O2/c1-16-7-5-10-19(24-16)14-26(15-20-11-6-8-17(2)25-20)23(27)22-13-18-9-3-4-12-21(18)28-22/h3-12,22H,13-15H2,1-2H3. The van der Waals surface area contributed by atoms with Crippen molar-refractivity contribution in [2.24, 2.45) is 0 Å². The van der Waals surface area contributed by atoms with Crippen LogP contribution in [0.3, 0.4) is 0 Å². The number of nitrogens with zero attached hydrogens (tertiary/aromatic N) is 3. The Kier molecular flexibility index (Phi) is 5.06. The van der Waals surface area contributed by atoms with E-state index in [9.17, 15) is 4.79 Å². The molecule has 0 saturated heterocycles. The molecule has 1 aromatic carbocycles. The third-order valence-corrected chi connectivity index (χ3v) is 4.83. The molecule has 4 rings (SSSR count). The largest absolute Gasteiger partial charge is 0.480 e. The van der Waals surface area contributed by atoms with Gasteiger partial charge in [0.1, 0.15) is 5.75 Å². The summed E-state index contributed by atoms with van der Waals surface area (Å²) in [5, 5.41) is 0. The van der Waals surface area contributed by atoms with E-state index in [2.05, 4.69) is 9.97 Å². The van der Waals surface area contributed by atoms with Crippen LogP contribution in [0, 0.1) is 13.8 Å². The number of rotatable bonds is 5. The van der Waals surface area contributed by atoms with Crippen LogP contribution in [-0.4, -0.2) is 26.9 Å². The minimum absolute atomic E-state index is 0.0391. The molecular weight excluding hydrogens is 350 g/mol. The van der Waals surface area contributed by atoms with E-state index in [1.54, 1.807) is 4.90 Å². The molecule has 1 aliphatic heterocycles. The van der Waals surface area contributed by atoms with Crippen molar-refractivity contribution >= 4 is 5.91 Å². The average molecular weight is 373 g/mol. The lowest BCUT2D eigenvalue weighted by molar-refractivity contribution is -0.139. The Balaban J connectivity index is 1.58. The fourth-order valence-corrected chi connectivity index (χ4v) is 3.50. The second-order valence-corrected chi connectivity index (χ2v) is 7.15. The zero-order chi connectivity index (χ0) is 19.5. The van der Waals surface area contributed by atoms with E-state index >= 15 is 0 Å². The normalized spacial score (nSPS) is 15.0. The van der Waals surface area contributed by atoms with Gasteiger partial charge >= 0.3 is 0 Å². The summed E-state index contributed by atoms with van der Waals surface area (Å²) in [6.07, 6.45) is 0.0839. The van der Waals surface area contributed by atoms with Crippen LogP contribution in [-0.2, 0) is 24.3 Å². The van der Waals surface area contributed by atoms with Gasteiger partial charge in [-0.25, -0.2) is 0 Å². The quantitative estimate of drug-likeness (QED) is 0.685. The Bertz CT molecular complexity index is 930. The topological polar surface area (TPSA) is 55.3 Å². The van der Waals surface area contributed by atoms with Crippen molar-refractivity contribution in [1.29, 1.82) is 0 Å². The summed E-state index contributed by atoms with van der Waals surface area (Å²) in [4.78, 5) is 24.3. The van der Waals surface area contributed by atoms with Gasteiger partial charge in [-0.3, -0.25) is 14.8 Å². The third-order valence-electron chi connectivity index (χ3n) is 4.83. The molecule has 0 bridgehead atoms. The van der Waals surface area contributed by atoms with E-state index in [1.807, 2.05) is 74.5 Å². The van der Waals surface area contributed by atoms with E-state index in [-0.39, 0.29) is 5.91 Å². The first kappa shape index (κ1) is 18.2. The van der Waals surface area contributed by atoms with Gasteiger partial charge in [0.2, 0.25) is 0 Å². The van der Waals surface area contributed by atoms with Crippen LogP contribution in [0.1, 0.15) is 28.3 Å². The molecule has 1 atom stereocenters. The van der Waals surface area contributed by atoms with Crippen molar-refractivity contribution in [3.8, 4) is 5.75 Å². The highest BCUT2D eigenvalue weighted by Crippen LogP contribution is 2.29. The monoisotopic (exact) mass is 373 g/mol. The Morgan fingerprint density at radius 3 is 2.11 bits per heavy atom. The summed E-state index contributed by atoms with van der Waals surface area (Å²) in [5.74, 6) is 0.756. The third kappa shape index (κ3) is 4.03. The highest BCUT2D eigenvalue weighted by Gasteiger charge is 2.32. The Morgan fingerprint density at radius 2 is 1.54 bits per heavy atom. The fourth-order valence-electron chi connectivity index (χ4n) is 3.50. The van der Waals surface area contributed by atoms with E-state index in [1.165, 1.54) is 0 Å². The molecule has 5 heteroatoms. The van der Waals surface area contributed by atoms with Gasteiger partial charge in [-0.15, -0.1) is 0 Å². The highest BCUT2D eigenvalue weighted by atomic mass is 16.5. The smallest absolute Gasteiger partial charge is 0.264 e. The average Bonchev–Trinajstić information content (AvgIpc) is 3.11. The number of aromatic nitrogens is 2. The number of pyridine rings is 2. The summed E-state index contributed by atoms with van der Waals surface area (Å²) < 4.78 is 5.94. The van der Waals surface area contributed by atoms with E-state index in [0.717, 1.165) is 34.1 Å². The van der Waals surface area contributed by atoms with Gasteiger partial charge in [0, 0.05) is 17.8 Å². The zero-order valence-electron chi connectivity index (χ0n) is 16.1. The molecule has 2 aromatic heterocycles. The Morgan fingerprint density at radius 1 is 0.929 bits per heavy atom. The molecule has 5 nitrogen and oxygen atoms in total. The number of carbonyl (C=O) groups is 1. The predicted molar refractivity (Wildman–Crippen MR) is 107 cm³/mol. The summed E-state index contributed by atoms with van der Waals surface area (Å²) in [5.41, 5.74) is 4.65. The van der Waals surface area contributed by atoms with E-state index < -0.39 is 6.10 Å². The minimum atomic E-state index is -0.507. The van der Waals surface area contributed by atoms with Crippen molar-refractivity contribution in [1.82, 2.24) is 14.9 Å². The first-order chi connectivity index (χ1) is 13.6. The second-order valence-electron chi connectivity index (χ2n) is 7.15. The number of para-hydroxylation sites is 1. The summed E-state index contributed by atoms with van der Waals surface area (Å²) >= 11 is 0. The number of hydrogen-bond acceptors (Lipinski definition) is 4. The van der Waals surface area contributed by atoms with Crippen LogP contribution in [0.25, 0.3) is 0 Å². The number of amides is 1. The minimum Gasteiger partial charge on any atom is -0.480 e. The van der Waals surface area contributed by atoms with Gasteiger partial charge < -0.3 is 9.64 Å². The molecule has 0 saturated carbocycles. The lowest BCUT2D eigenvalue weighted by Gasteiger charge is -2.25. The summed E-state index contributed by atoms with van der Waals surface area (Å²) in [7, 11) is 0. The number of carbonyl (C=O) groups excluding carboxylic acids is 1. The maximum atomic E-state index is 13.3. The van der Waals surface area contributed by atoms with Crippen molar-refractivity contribution < 1.29 is 9.53 Å². The number of ether oxygens (including phenoxy) is 1. The van der Waals surface area contributed by atoms with Crippen molar-refractivity contribution in [3.63, 3.8) is 0 Å². The number of hydrogen-bond donors (Lipinski definition) is 0. The zero-order valence-corrected chi connectivity index (χ0v) is 16.1. The first-order valence-corrected chi connectivity index (χ1v) is 9.47. The van der Waals surface area contributed by atoms with Crippen LogP contribution in [0.15, 0.2) is 60.7 Å². The molecule has 0 spiro atoms. The maximum Gasteiger partial charge on any atom is 0.264 e. The van der Waals surface area contributed by atoms with E-state index in [0.29, 0.717) is 19.5 Å². The van der Waals surface area contributed by atoms with Gasteiger partial charge in [-0.1, -0.05) is 30.3 Å². The summed E-state index contributed by atoms with van der Waals surface area (Å²) in [6.45, 7) is 4.75. The first-order valence-electron chi connectivity index (χ1n) is 9.47. The maximum absolute atomic E-state index is 13.3. The molecule has 0 N–H and O–H groups in total. The number of benzene rings is 1. The van der Waals surface area contributed by atoms with Gasteiger partial charge in [-0.2, -0.15) is 0 Å². The lowest BCUT2D eigenvalue weighted by atomic mass is 10.1. The highest BCUT2D eigenvalue weighted by molar-refractivity contribution is 5.82. The lowest BCUT2D eigenvalue weighted by Crippen LogP contribution is -2.41.